The Labute approximate surface area is 84.4 Å². The van der Waals surface area contributed by atoms with Gasteiger partial charge in [-0.2, -0.15) is 0 Å². The van der Waals surface area contributed by atoms with Crippen LogP contribution in [0.4, 0.5) is 0 Å². The monoisotopic (exact) mass is 198 g/mol. The second kappa shape index (κ2) is 4.28. The van der Waals surface area contributed by atoms with Gasteiger partial charge in [0.1, 0.15) is 6.61 Å². The van der Waals surface area contributed by atoms with Crippen LogP contribution in [0, 0.1) is 0 Å². The van der Waals surface area contributed by atoms with Crippen LogP contribution in [-0.2, 0) is 9.53 Å². The molecule has 1 heterocycles. The highest BCUT2D eigenvalue weighted by Gasteiger charge is 2.39. The van der Waals surface area contributed by atoms with E-state index in [-0.39, 0.29) is 18.6 Å². The van der Waals surface area contributed by atoms with Crippen LogP contribution in [0.25, 0.3) is 0 Å². The standard InChI is InChI=1S/C10H18N2O2/c11-5-1-2-9-6-14-7-10(13)12(9)8-3-4-8/h8-9H,1-7,11H2. The molecule has 1 aliphatic heterocycles. The van der Waals surface area contributed by atoms with Crippen LogP contribution in [0.1, 0.15) is 25.7 Å². The molecule has 2 rings (SSSR count). The topological polar surface area (TPSA) is 55.6 Å². The van der Waals surface area contributed by atoms with Crippen molar-refractivity contribution < 1.29 is 9.53 Å². The summed E-state index contributed by atoms with van der Waals surface area (Å²) in [6, 6.07) is 0.793. The molecular weight excluding hydrogens is 180 g/mol. The van der Waals surface area contributed by atoms with Crippen LogP contribution in [0.5, 0.6) is 0 Å². The van der Waals surface area contributed by atoms with E-state index in [0.717, 1.165) is 12.8 Å². The molecule has 14 heavy (non-hydrogen) atoms. The molecule has 0 bridgehead atoms. The summed E-state index contributed by atoms with van der Waals surface area (Å²) in [7, 11) is 0. The van der Waals surface area contributed by atoms with Crippen molar-refractivity contribution in [2.24, 2.45) is 5.73 Å². The van der Waals surface area contributed by atoms with Crippen LogP contribution >= 0.6 is 0 Å². The Balaban J connectivity index is 1.93. The molecule has 0 radical (unpaired) electrons. The summed E-state index contributed by atoms with van der Waals surface area (Å²) in [4.78, 5) is 13.7. The fourth-order valence-corrected chi connectivity index (χ4v) is 2.07. The van der Waals surface area contributed by atoms with Crippen molar-refractivity contribution in [3.63, 3.8) is 0 Å². The zero-order valence-corrected chi connectivity index (χ0v) is 8.45. The highest BCUT2D eigenvalue weighted by molar-refractivity contribution is 5.79. The lowest BCUT2D eigenvalue weighted by Crippen LogP contribution is -2.50. The lowest BCUT2D eigenvalue weighted by molar-refractivity contribution is -0.149. The molecule has 0 aromatic carbocycles. The molecule has 2 aliphatic rings. The van der Waals surface area contributed by atoms with Gasteiger partial charge in [-0.15, -0.1) is 0 Å². The zero-order valence-electron chi connectivity index (χ0n) is 8.45. The van der Waals surface area contributed by atoms with Gasteiger partial charge in [0.05, 0.1) is 12.6 Å². The fourth-order valence-electron chi connectivity index (χ4n) is 2.07. The third kappa shape index (κ3) is 2.07. The van der Waals surface area contributed by atoms with Crippen molar-refractivity contribution >= 4 is 5.91 Å². The smallest absolute Gasteiger partial charge is 0.249 e. The number of nitrogens with zero attached hydrogens (tertiary/aromatic N) is 1. The highest BCUT2D eigenvalue weighted by atomic mass is 16.5. The number of hydrogen-bond acceptors (Lipinski definition) is 3. The number of amides is 1. The van der Waals surface area contributed by atoms with Gasteiger partial charge in [-0.05, 0) is 32.2 Å². The average molecular weight is 198 g/mol. The van der Waals surface area contributed by atoms with Gasteiger partial charge in [0.25, 0.3) is 0 Å². The van der Waals surface area contributed by atoms with E-state index in [1.54, 1.807) is 0 Å². The highest BCUT2D eigenvalue weighted by Crippen LogP contribution is 2.31. The Hall–Kier alpha value is -0.610. The number of ether oxygens (including phenoxy) is 1. The van der Waals surface area contributed by atoms with Crippen molar-refractivity contribution in [3.05, 3.63) is 0 Å². The molecule has 1 amide bonds. The van der Waals surface area contributed by atoms with Gasteiger partial charge in [-0.1, -0.05) is 0 Å². The van der Waals surface area contributed by atoms with E-state index in [2.05, 4.69) is 0 Å². The molecule has 1 unspecified atom stereocenters. The molecule has 0 spiro atoms. The van der Waals surface area contributed by atoms with Crippen LogP contribution < -0.4 is 5.73 Å². The van der Waals surface area contributed by atoms with E-state index in [1.807, 2.05) is 4.90 Å². The molecule has 80 valence electrons. The van der Waals surface area contributed by atoms with Gasteiger partial charge in [0.15, 0.2) is 0 Å². The minimum atomic E-state index is 0.167. The molecule has 4 nitrogen and oxygen atoms in total. The summed E-state index contributed by atoms with van der Waals surface area (Å²) in [6.45, 7) is 1.67. The lowest BCUT2D eigenvalue weighted by Gasteiger charge is -2.35. The second-order valence-corrected chi connectivity index (χ2v) is 4.13. The van der Waals surface area contributed by atoms with Gasteiger partial charge < -0.3 is 15.4 Å². The normalized spacial score (nSPS) is 28.2. The van der Waals surface area contributed by atoms with E-state index in [0.29, 0.717) is 19.2 Å². The van der Waals surface area contributed by atoms with Crippen molar-refractivity contribution in [1.82, 2.24) is 4.90 Å². The van der Waals surface area contributed by atoms with E-state index >= 15 is 0 Å². The van der Waals surface area contributed by atoms with Crippen LogP contribution in [0.2, 0.25) is 0 Å². The summed E-state index contributed by atoms with van der Waals surface area (Å²) in [6.07, 6.45) is 4.30. The summed E-state index contributed by atoms with van der Waals surface area (Å²) in [5.74, 6) is 0.167. The summed E-state index contributed by atoms with van der Waals surface area (Å²) < 4.78 is 5.27. The maximum Gasteiger partial charge on any atom is 0.249 e. The third-order valence-corrected chi connectivity index (χ3v) is 2.90. The maximum absolute atomic E-state index is 11.6. The first kappa shape index (κ1) is 9.93. The Bertz CT molecular complexity index is 216. The lowest BCUT2D eigenvalue weighted by atomic mass is 10.1. The predicted molar refractivity (Wildman–Crippen MR) is 52.8 cm³/mol. The fraction of sp³-hybridized carbons (Fsp3) is 0.900. The first-order chi connectivity index (χ1) is 6.83. The van der Waals surface area contributed by atoms with Gasteiger partial charge >= 0.3 is 0 Å². The molecule has 1 saturated heterocycles. The number of rotatable bonds is 4. The maximum atomic E-state index is 11.6. The Morgan fingerprint density at radius 1 is 1.50 bits per heavy atom. The number of carbonyl (C=O) groups excluding carboxylic acids is 1. The molecule has 2 N–H and O–H groups in total. The second-order valence-electron chi connectivity index (χ2n) is 4.13. The zero-order chi connectivity index (χ0) is 9.97. The van der Waals surface area contributed by atoms with E-state index in [9.17, 15) is 4.79 Å². The minimum Gasteiger partial charge on any atom is -0.369 e. The third-order valence-electron chi connectivity index (χ3n) is 2.90. The van der Waals surface area contributed by atoms with Gasteiger partial charge in [-0.25, -0.2) is 0 Å². The molecule has 4 heteroatoms. The Morgan fingerprint density at radius 2 is 2.29 bits per heavy atom. The first-order valence-corrected chi connectivity index (χ1v) is 5.42. The van der Waals surface area contributed by atoms with Crippen LogP contribution in [0.15, 0.2) is 0 Å². The van der Waals surface area contributed by atoms with Gasteiger partial charge in [0, 0.05) is 6.04 Å². The molecule has 1 atom stereocenters. The first-order valence-electron chi connectivity index (χ1n) is 5.42. The molecule has 1 aliphatic carbocycles. The Morgan fingerprint density at radius 3 is 2.93 bits per heavy atom. The molecule has 2 fully saturated rings. The largest absolute Gasteiger partial charge is 0.369 e. The van der Waals surface area contributed by atoms with Crippen molar-refractivity contribution in [1.29, 1.82) is 0 Å². The predicted octanol–water partition coefficient (Wildman–Crippen LogP) is 0.115. The van der Waals surface area contributed by atoms with E-state index in [4.69, 9.17) is 10.5 Å². The van der Waals surface area contributed by atoms with Gasteiger partial charge in [0.2, 0.25) is 5.91 Å². The number of morpholine rings is 1. The summed E-state index contributed by atoms with van der Waals surface area (Å²) >= 11 is 0. The van der Waals surface area contributed by atoms with Crippen molar-refractivity contribution in [2.45, 2.75) is 37.8 Å². The summed E-state index contributed by atoms with van der Waals surface area (Å²) in [5.41, 5.74) is 5.47. The van der Waals surface area contributed by atoms with E-state index < -0.39 is 0 Å². The molecule has 0 aromatic rings. The SMILES string of the molecule is NCCCC1COCC(=O)N1C1CC1. The minimum absolute atomic E-state index is 0.167. The number of carbonyl (C=O) groups is 1. The van der Waals surface area contributed by atoms with Crippen molar-refractivity contribution in [3.8, 4) is 0 Å². The average Bonchev–Trinajstić information content (AvgIpc) is 2.98. The van der Waals surface area contributed by atoms with Crippen LogP contribution in [0.3, 0.4) is 0 Å². The number of hydrogen-bond donors (Lipinski definition) is 1. The molecule has 1 saturated carbocycles. The quantitative estimate of drug-likeness (QED) is 0.698. The summed E-state index contributed by atoms with van der Waals surface area (Å²) in [5, 5.41) is 0. The number of nitrogens with two attached hydrogens (primary N) is 1. The van der Waals surface area contributed by atoms with Gasteiger partial charge in [-0.3, -0.25) is 4.79 Å². The van der Waals surface area contributed by atoms with Crippen molar-refractivity contribution in [2.75, 3.05) is 19.8 Å². The molecule has 0 aromatic heterocycles. The molecular formula is C10H18N2O2. The van der Waals surface area contributed by atoms with Crippen LogP contribution in [-0.4, -0.2) is 42.6 Å². The van der Waals surface area contributed by atoms with E-state index in [1.165, 1.54) is 12.8 Å². The Kier molecular flexibility index (Phi) is 3.03.